The van der Waals surface area contributed by atoms with E-state index in [1.54, 1.807) is 0 Å². The summed E-state index contributed by atoms with van der Waals surface area (Å²) in [6.07, 6.45) is -1.02. The number of aliphatic hydroxyl groups excluding tert-OH is 1. The summed E-state index contributed by atoms with van der Waals surface area (Å²) in [7, 11) is 4.02. The van der Waals surface area contributed by atoms with Crippen molar-refractivity contribution in [1.82, 2.24) is 0 Å². The summed E-state index contributed by atoms with van der Waals surface area (Å²) in [5, 5.41) is 24.3. The summed E-state index contributed by atoms with van der Waals surface area (Å²) < 4.78 is 0. The maximum atomic E-state index is 8.88. The Bertz CT molecular complexity index is 642. The number of nitrogen functional groups attached to an aromatic ring is 1. The molecule has 0 fully saturated rings. The van der Waals surface area contributed by atoms with Crippen molar-refractivity contribution in [3.8, 4) is 0 Å². The van der Waals surface area contributed by atoms with E-state index in [9.17, 15) is 0 Å². The molecule has 130 valence electrons. The average Bonchev–Trinajstić information content (AvgIpc) is 2.55. The molecule has 0 aliphatic rings. The van der Waals surface area contributed by atoms with E-state index in [0.29, 0.717) is 13.1 Å². The van der Waals surface area contributed by atoms with Crippen LogP contribution in [0.4, 0.5) is 22.7 Å². The van der Waals surface area contributed by atoms with Gasteiger partial charge in [-0.2, -0.15) is 0 Å². The summed E-state index contributed by atoms with van der Waals surface area (Å²) in [5.41, 5.74) is 10.8. The number of rotatable bonds is 8. The van der Waals surface area contributed by atoms with Gasteiger partial charge in [0.1, 0.15) is 0 Å². The fraction of sp³-hybridized carbons (Fsp3) is 0.333. The Labute approximate surface area is 142 Å². The van der Waals surface area contributed by atoms with Crippen LogP contribution in [0.25, 0.3) is 0 Å². The van der Waals surface area contributed by atoms with Gasteiger partial charge in [-0.15, -0.1) is 0 Å². The second-order valence-electron chi connectivity index (χ2n) is 5.90. The molecule has 0 spiro atoms. The molecule has 0 bridgehead atoms. The third-order valence-corrected chi connectivity index (χ3v) is 3.74. The van der Waals surface area contributed by atoms with E-state index in [-0.39, 0.29) is 6.42 Å². The van der Waals surface area contributed by atoms with Crippen LogP contribution in [0.1, 0.15) is 12.0 Å². The lowest BCUT2D eigenvalue weighted by atomic mass is 10.1. The van der Waals surface area contributed by atoms with E-state index < -0.39 is 6.29 Å². The molecule has 0 amide bonds. The second kappa shape index (κ2) is 8.42. The highest BCUT2D eigenvalue weighted by molar-refractivity contribution is 5.59. The number of nitrogens with zero attached hydrogens (tertiary/aromatic N) is 1. The van der Waals surface area contributed by atoms with Crippen molar-refractivity contribution in [2.75, 3.05) is 41.9 Å². The Morgan fingerprint density at radius 1 is 1.00 bits per heavy atom. The molecule has 0 unspecified atom stereocenters. The van der Waals surface area contributed by atoms with Crippen LogP contribution in [0.15, 0.2) is 42.5 Å². The molecule has 0 atom stereocenters. The van der Waals surface area contributed by atoms with Crippen molar-refractivity contribution in [3.63, 3.8) is 0 Å². The maximum Gasteiger partial charge on any atom is 0.153 e. The van der Waals surface area contributed by atoms with E-state index in [4.69, 9.17) is 15.9 Å². The van der Waals surface area contributed by atoms with Crippen LogP contribution in [0, 0.1) is 0 Å². The number of anilines is 4. The lowest BCUT2D eigenvalue weighted by Gasteiger charge is -2.15. The quantitative estimate of drug-likeness (QED) is 0.376. The van der Waals surface area contributed by atoms with Crippen LogP contribution < -0.4 is 21.3 Å². The molecule has 24 heavy (non-hydrogen) atoms. The third kappa shape index (κ3) is 5.33. The third-order valence-electron chi connectivity index (χ3n) is 3.74. The molecule has 2 aromatic carbocycles. The van der Waals surface area contributed by atoms with Crippen molar-refractivity contribution >= 4 is 22.7 Å². The number of benzene rings is 2. The first-order valence-corrected chi connectivity index (χ1v) is 7.95. The molecule has 6 N–H and O–H groups in total. The zero-order valence-electron chi connectivity index (χ0n) is 14.2. The zero-order valence-corrected chi connectivity index (χ0v) is 14.2. The van der Waals surface area contributed by atoms with E-state index in [0.717, 1.165) is 28.3 Å². The highest BCUT2D eigenvalue weighted by Gasteiger charge is 2.03. The fourth-order valence-electron chi connectivity index (χ4n) is 2.29. The Morgan fingerprint density at radius 2 is 1.67 bits per heavy atom. The Morgan fingerprint density at radius 3 is 2.29 bits per heavy atom. The van der Waals surface area contributed by atoms with Gasteiger partial charge in [-0.3, -0.25) is 0 Å². The van der Waals surface area contributed by atoms with Crippen molar-refractivity contribution in [1.29, 1.82) is 0 Å². The van der Waals surface area contributed by atoms with Crippen molar-refractivity contribution in [2.24, 2.45) is 0 Å². The number of hydrogen-bond acceptors (Lipinski definition) is 6. The molecule has 0 radical (unpaired) electrons. The SMILES string of the molecule is CN(C)c1ccc(NCc2cc(NCCC(O)O)ccc2N)cc1. The monoisotopic (exact) mass is 330 g/mol. The molecule has 0 heterocycles. The standard InChI is InChI=1S/C18H26N4O2/c1-22(2)16-6-3-14(4-7-16)21-12-13-11-15(5-8-17(13)19)20-10-9-18(23)24/h3-8,11,18,20-21,23-24H,9-10,12,19H2,1-2H3. The molecule has 0 saturated heterocycles. The number of hydrogen-bond donors (Lipinski definition) is 5. The van der Waals surface area contributed by atoms with Crippen LogP contribution >= 0.6 is 0 Å². The molecular weight excluding hydrogens is 304 g/mol. The summed E-state index contributed by atoms with van der Waals surface area (Å²) in [5.74, 6) is 0. The predicted molar refractivity (Wildman–Crippen MR) is 100 cm³/mol. The van der Waals surface area contributed by atoms with Crippen LogP contribution in [0.3, 0.4) is 0 Å². The van der Waals surface area contributed by atoms with E-state index in [1.807, 2.05) is 44.4 Å². The van der Waals surface area contributed by atoms with Gasteiger partial charge in [0.25, 0.3) is 0 Å². The lowest BCUT2D eigenvalue weighted by molar-refractivity contribution is -0.0423. The van der Waals surface area contributed by atoms with E-state index in [2.05, 4.69) is 27.7 Å². The highest BCUT2D eigenvalue weighted by atomic mass is 16.5. The van der Waals surface area contributed by atoms with Crippen molar-refractivity contribution in [3.05, 3.63) is 48.0 Å². The maximum absolute atomic E-state index is 8.88. The average molecular weight is 330 g/mol. The van der Waals surface area contributed by atoms with Crippen molar-refractivity contribution in [2.45, 2.75) is 19.3 Å². The molecule has 6 heteroatoms. The molecule has 0 aromatic heterocycles. The Hall–Kier alpha value is -2.44. The van der Waals surface area contributed by atoms with Gasteiger partial charge in [0.15, 0.2) is 6.29 Å². The molecular formula is C18H26N4O2. The minimum absolute atomic E-state index is 0.274. The van der Waals surface area contributed by atoms with Crippen LogP contribution in [0.2, 0.25) is 0 Å². The van der Waals surface area contributed by atoms with Gasteiger partial charge < -0.3 is 31.5 Å². The number of nitrogens with two attached hydrogens (primary N) is 1. The Balaban J connectivity index is 1.95. The molecule has 0 aliphatic carbocycles. The van der Waals surface area contributed by atoms with Gasteiger partial charge in [-0.25, -0.2) is 0 Å². The molecule has 0 saturated carbocycles. The number of nitrogens with one attached hydrogen (secondary N) is 2. The second-order valence-corrected chi connectivity index (χ2v) is 5.90. The fourth-order valence-corrected chi connectivity index (χ4v) is 2.29. The van der Waals surface area contributed by atoms with E-state index >= 15 is 0 Å². The first-order chi connectivity index (χ1) is 11.5. The largest absolute Gasteiger partial charge is 0.398 e. The van der Waals surface area contributed by atoms with Crippen molar-refractivity contribution < 1.29 is 10.2 Å². The lowest BCUT2D eigenvalue weighted by Crippen LogP contribution is -2.12. The van der Waals surface area contributed by atoms with Gasteiger partial charge in [-0.05, 0) is 48.0 Å². The summed E-state index contributed by atoms with van der Waals surface area (Å²) in [6, 6.07) is 13.9. The zero-order chi connectivity index (χ0) is 17.5. The highest BCUT2D eigenvalue weighted by Crippen LogP contribution is 2.21. The van der Waals surface area contributed by atoms with Crippen LogP contribution in [-0.4, -0.2) is 37.1 Å². The summed E-state index contributed by atoms with van der Waals surface area (Å²) >= 11 is 0. The van der Waals surface area contributed by atoms with Gasteiger partial charge in [-0.1, -0.05) is 0 Å². The number of aliphatic hydroxyl groups is 2. The molecule has 0 aliphatic heterocycles. The minimum Gasteiger partial charge on any atom is -0.398 e. The first-order valence-electron chi connectivity index (χ1n) is 7.95. The van der Waals surface area contributed by atoms with Gasteiger partial charge >= 0.3 is 0 Å². The summed E-state index contributed by atoms with van der Waals surface area (Å²) in [4.78, 5) is 2.06. The van der Waals surface area contributed by atoms with Crippen LogP contribution in [0.5, 0.6) is 0 Å². The topological polar surface area (TPSA) is 93.8 Å². The van der Waals surface area contributed by atoms with Gasteiger partial charge in [0.05, 0.1) is 0 Å². The smallest absolute Gasteiger partial charge is 0.153 e. The normalized spacial score (nSPS) is 10.7. The Kier molecular flexibility index (Phi) is 6.28. The predicted octanol–water partition coefficient (Wildman–Crippen LogP) is 2.06. The van der Waals surface area contributed by atoms with E-state index in [1.165, 1.54) is 0 Å². The molecule has 2 rings (SSSR count). The van der Waals surface area contributed by atoms with Crippen LogP contribution in [-0.2, 0) is 6.54 Å². The van der Waals surface area contributed by atoms with Gasteiger partial charge in [0, 0.05) is 56.4 Å². The summed E-state index contributed by atoms with van der Waals surface area (Å²) in [6.45, 7) is 1.10. The van der Waals surface area contributed by atoms with Gasteiger partial charge in [0.2, 0.25) is 0 Å². The first kappa shape index (κ1) is 17.9. The molecule has 6 nitrogen and oxygen atoms in total. The molecule has 2 aromatic rings. The minimum atomic E-state index is -1.29.